The Balaban J connectivity index is 1.38. The second-order valence-electron chi connectivity index (χ2n) is 8.72. The highest BCUT2D eigenvalue weighted by molar-refractivity contribution is 7.10. The molecule has 2 aliphatic heterocycles. The Morgan fingerprint density at radius 1 is 1.19 bits per heavy atom. The molecule has 2 atom stereocenters. The van der Waals surface area contributed by atoms with E-state index in [1.807, 2.05) is 53.6 Å². The first-order valence-corrected chi connectivity index (χ1v) is 12.2. The summed E-state index contributed by atoms with van der Waals surface area (Å²) in [6.07, 6.45) is 6.35. The van der Waals surface area contributed by atoms with Crippen LogP contribution in [0.1, 0.15) is 53.7 Å². The average Bonchev–Trinajstić information content (AvgIpc) is 3.47. The summed E-state index contributed by atoms with van der Waals surface area (Å²) >= 11 is 1.60. The number of imidazole rings is 1. The molecule has 32 heavy (non-hydrogen) atoms. The molecule has 166 valence electrons. The number of benzene rings is 1. The lowest BCUT2D eigenvalue weighted by Gasteiger charge is -2.40. The molecule has 1 aromatic carbocycles. The molecule has 3 aromatic rings. The molecule has 2 aliphatic rings. The van der Waals surface area contributed by atoms with Crippen molar-refractivity contribution in [3.05, 3.63) is 69.9 Å². The molecular formula is C25H28N4O2S. The predicted octanol–water partition coefficient (Wildman–Crippen LogP) is 4.39. The third kappa shape index (κ3) is 4.09. The number of nitrogens with zero attached hydrogens (tertiary/aromatic N) is 3. The van der Waals surface area contributed by atoms with Crippen LogP contribution in [0, 0.1) is 12.8 Å². The van der Waals surface area contributed by atoms with Crippen molar-refractivity contribution in [1.82, 2.24) is 14.9 Å². The van der Waals surface area contributed by atoms with E-state index in [-0.39, 0.29) is 23.8 Å². The van der Waals surface area contributed by atoms with E-state index in [4.69, 9.17) is 4.98 Å². The van der Waals surface area contributed by atoms with Crippen LogP contribution in [0.3, 0.4) is 0 Å². The van der Waals surface area contributed by atoms with Gasteiger partial charge in [0.15, 0.2) is 0 Å². The maximum atomic E-state index is 13.4. The number of carbonyl (C=O) groups excluding carboxylic acids is 2. The summed E-state index contributed by atoms with van der Waals surface area (Å²) in [6, 6.07) is 11.7. The van der Waals surface area contributed by atoms with Crippen LogP contribution >= 0.6 is 11.3 Å². The SMILES string of the molecule is Cc1ccc(N2C(=O)CCC(C(=O)NCc3cn4c(n3)CCCC4)C2c2cccs2)cc1. The third-order valence-corrected chi connectivity index (χ3v) is 7.43. The van der Waals surface area contributed by atoms with Crippen molar-refractivity contribution in [2.45, 2.75) is 58.2 Å². The summed E-state index contributed by atoms with van der Waals surface area (Å²) < 4.78 is 2.21. The zero-order valence-electron chi connectivity index (χ0n) is 18.3. The Hall–Kier alpha value is -2.93. The van der Waals surface area contributed by atoms with Crippen LogP contribution in [0.5, 0.6) is 0 Å². The van der Waals surface area contributed by atoms with Crippen molar-refractivity contribution in [1.29, 1.82) is 0 Å². The van der Waals surface area contributed by atoms with Gasteiger partial charge in [0.2, 0.25) is 11.8 Å². The second kappa shape index (κ2) is 8.90. The Labute approximate surface area is 192 Å². The minimum Gasteiger partial charge on any atom is -0.350 e. The number of nitrogens with one attached hydrogen (secondary N) is 1. The molecule has 0 radical (unpaired) electrons. The largest absolute Gasteiger partial charge is 0.350 e. The summed E-state index contributed by atoms with van der Waals surface area (Å²) in [6.45, 7) is 3.46. The highest BCUT2D eigenvalue weighted by atomic mass is 32.1. The van der Waals surface area contributed by atoms with E-state index < -0.39 is 0 Å². The highest BCUT2D eigenvalue weighted by Crippen LogP contribution is 2.41. The van der Waals surface area contributed by atoms with E-state index in [1.165, 1.54) is 12.8 Å². The average molecular weight is 449 g/mol. The third-order valence-electron chi connectivity index (χ3n) is 6.48. The maximum absolute atomic E-state index is 13.4. The summed E-state index contributed by atoms with van der Waals surface area (Å²) in [5, 5.41) is 5.12. The van der Waals surface area contributed by atoms with E-state index in [0.717, 1.165) is 40.6 Å². The lowest BCUT2D eigenvalue weighted by Crippen LogP contribution is -2.48. The summed E-state index contributed by atoms with van der Waals surface area (Å²) in [4.78, 5) is 34.0. The number of carbonyl (C=O) groups is 2. The topological polar surface area (TPSA) is 67.2 Å². The highest BCUT2D eigenvalue weighted by Gasteiger charge is 2.41. The number of hydrogen-bond donors (Lipinski definition) is 1. The normalized spacial score (nSPS) is 20.8. The number of aryl methyl sites for hydroxylation is 3. The number of thiophene rings is 1. The van der Waals surface area contributed by atoms with Crippen LogP contribution in [0.2, 0.25) is 0 Å². The summed E-state index contributed by atoms with van der Waals surface area (Å²) in [7, 11) is 0. The molecule has 6 nitrogen and oxygen atoms in total. The zero-order chi connectivity index (χ0) is 22.1. The van der Waals surface area contributed by atoms with Crippen LogP contribution < -0.4 is 10.2 Å². The smallest absolute Gasteiger partial charge is 0.227 e. The Bertz CT molecular complexity index is 1080. The van der Waals surface area contributed by atoms with E-state index in [2.05, 4.69) is 16.1 Å². The van der Waals surface area contributed by atoms with Gasteiger partial charge in [0.05, 0.1) is 24.2 Å². The number of amides is 2. The standard InChI is InChI=1S/C25H28N4O2S/c1-17-7-9-19(10-8-17)29-23(30)12-11-20(24(29)21-5-4-14-32-21)25(31)26-15-18-16-28-13-3-2-6-22(28)27-18/h4-5,7-10,14,16,20,24H,2-3,6,11-13,15H2,1H3,(H,26,31). The van der Waals surface area contributed by atoms with Gasteiger partial charge in [0.25, 0.3) is 0 Å². The minimum absolute atomic E-state index is 0.0148. The predicted molar refractivity (Wildman–Crippen MR) is 125 cm³/mol. The van der Waals surface area contributed by atoms with E-state index in [1.54, 1.807) is 11.3 Å². The number of rotatable bonds is 5. The molecule has 0 aliphatic carbocycles. The van der Waals surface area contributed by atoms with Crippen molar-refractivity contribution < 1.29 is 9.59 Å². The Morgan fingerprint density at radius 3 is 2.78 bits per heavy atom. The van der Waals surface area contributed by atoms with Crippen LogP contribution in [0.4, 0.5) is 5.69 Å². The molecule has 5 rings (SSSR count). The molecule has 7 heteroatoms. The molecular weight excluding hydrogens is 420 g/mol. The molecule has 2 unspecified atom stereocenters. The fraction of sp³-hybridized carbons (Fsp3) is 0.400. The Morgan fingerprint density at radius 2 is 2.03 bits per heavy atom. The van der Waals surface area contributed by atoms with Crippen LogP contribution in [-0.2, 0) is 29.1 Å². The fourth-order valence-electron chi connectivity index (χ4n) is 4.83. The van der Waals surface area contributed by atoms with Crippen molar-refractivity contribution >= 4 is 28.8 Å². The van der Waals surface area contributed by atoms with Crippen LogP contribution in [0.25, 0.3) is 0 Å². The van der Waals surface area contributed by atoms with Gasteiger partial charge in [-0.25, -0.2) is 4.98 Å². The maximum Gasteiger partial charge on any atom is 0.227 e. The molecule has 0 spiro atoms. The van der Waals surface area contributed by atoms with E-state index >= 15 is 0 Å². The first-order chi connectivity index (χ1) is 15.6. The van der Waals surface area contributed by atoms with Crippen LogP contribution in [0.15, 0.2) is 48.0 Å². The van der Waals surface area contributed by atoms with Gasteiger partial charge in [-0.1, -0.05) is 23.8 Å². The van der Waals surface area contributed by atoms with Gasteiger partial charge in [-0.2, -0.15) is 0 Å². The number of aromatic nitrogens is 2. The van der Waals surface area contributed by atoms with Gasteiger partial charge in [-0.3, -0.25) is 9.59 Å². The molecule has 0 bridgehead atoms. The first-order valence-electron chi connectivity index (χ1n) is 11.3. The lowest BCUT2D eigenvalue weighted by molar-refractivity contribution is -0.129. The van der Waals surface area contributed by atoms with Crippen molar-refractivity contribution in [2.24, 2.45) is 5.92 Å². The van der Waals surface area contributed by atoms with Crippen molar-refractivity contribution in [3.8, 4) is 0 Å². The molecule has 1 N–H and O–H groups in total. The number of hydrogen-bond acceptors (Lipinski definition) is 4. The van der Waals surface area contributed by atoms with Crippen molar-refractivity contribution in [3.63, 3.8) is 0 Å². The second-order valence-corrected chi connectivity index (χ2v) is 9.70. The minimum atomic E-state index is -0.301. The quantitative estimate of drug-likeness (QED) is 0.629. The monoisotopic (exact) mass is 448 g/mol. The van der Waals surface area contributed by atoms with Gasteiger partial charge in [-0.05, 0) is 49.8 Å². The molecule has 1 fully saturated rings. The summed E-state index contributed by atoms with van der Waals surface area (Å²) in [5.74, 6) is 0.868. The van der Waals surface area contributed by atoms with Crippen LogP contribution in [-0.4, -0.2) is 21.4 Å². The van der Waals surface area contributed by atoms with E-state index in [9.17, 15) is 9.59 Å². The van der Waals surface area contributed by atoms with Gasteiger partial charge >= 0.3 is 0 Å². The summed E-state index contributed by atoms with van der Waals surface area (Å²) in [5.41, 5.74) is 2.89. The van der Waals surface area contributed by atoms with Gasteiger partial charge in [0, 0.05) is 36.1 Å². The van der Waals surface area contributed by atoms with Gasteiger partial charge in [0.1, 0.15) is 5.82 Å². The van der Waals surface area contributed by atoms with Crippen molar-refractivity contribution in [2.75, 3.05) is 4.90 Å². The Kier molecular flexibility index (Phi) is 5.83. The molecule has 1 saturated heterocycles. The lowest BCUT2D eigenvalue weighted by atomic mass is 9.86. The number of fused-ring (bicyclic) bond motifs is 1. The number of piperidine rings is 1. The van der Waals surface area contributed by atoms with Gasteiger partial charge < -0.3 is 14.8 Å². The molecule has 0 saturated carbocycles. The molecule has 2 aromatic heterocycles. The van der Waals surface area contributed by atoms with Gasteiger partial charge in [-0.15, -0.1) is 11.3 Å². The molecule has 4 heterocycles. The van der Waals surface area contributed by atoms with E-state index in [0.29, 0.717) is 19.4 Å². The fourth-order valence-corrected chi connectivity index (χ4v) is 5.71. The number of anilines is 1. The molecule has 2 amide bonds. The first kappa shape index (κ1) is 20.9. The zero-order valence-corrected chi connectivity index (χ0v) is 19.1.